The second-order valence-electron chi connectivity index (χ2n) is 11.8. The zero-order valence-electron chi connectivity index (χ0n) is 30.1. The Morgan fingerprint density at radius 2 is 1.37 bits per heavy atom. The highest BCUT2D eigenvalue weighted by Crippen LogP contribution is 2.19. The molecule has 51 heavy (non-hydrogen) atoms. The van der Waals surface area contributed by atoms with Crippen molar-refractivity contribution in [1.29, 1.82) is 0 Å². The Kier molecular flexibility index (Phi) is 17.0. The van der Waals surface area contributed by atoms with Gasteiger partial charge in [-0.2, -0.15) is 0 Å². The van der Waals surface area contributed by atoms with Crippen LogP contribution in [0.4, 0.5) is 0 Å². The lowest BCUT2D eigenvalue weighted by Crippen LogP contribution is -2.36. The Morgan fingerprint density at radius 3 is 1.88 bits per heavy atom. The minimum Gasteiger partial charge on any atom is -0.469 e. The predicted octanol–water partition coefficient (Wildman–Crippen LogP) is 3.56. The molecule has 0 bridgehead atoms. The first-order valence-electron chi connectivity index (χ1n) is 16.7. The zero-order valence-corrected chi connectivity index (χ0v) is 30.1. The van der Waals surface area contributed by atoms with Crippen LogP contribution in [0.3, 0.4) is 0 Å². The van der Waals surface area contributed by atoms with Crippen LogP contribution < -0.4 is 11.2 Å². The average Bonchev–Trinajstić information content (AvgIpc) is 3.15. The van der Waals surface area contributed by atoms with E-state index in [1.807, 2.05) is 36.4 Å². The quantitative estimate of drug-likeness (QED) is 0.170. The molecule has 0 amide bonds. The number of ether oxygens (including phenoxy) is 5. The lowest BCUT2D eigenvalue weighted by atomic mass is 10.0. The molecule has 276 valence electrons. The van der Waals surface area contributed by atoms with Gasteiger partial charge in [-0.1, -0.05) is 60.7 Å². The summed E-state index contributed by atoms with van der Waals surface area (Å²) in [6.45, 7) is 6.85. The van der Waals surface area contributed by atoms with Gasteiger partial charge in [0.1, 0.15) is 5.56 Å². The number of benzene rings is 2. The molecule has 5 rings (SSSR count). The molecule has 0 saturated heterocycles. The molecule has 2 aliphatic rings. The van der Waals surface area contributed by atoms with Crippen LogP contribution in [-0.4, -0.2) is 93.7 Å². The molecule has 13 heteroatoms. The van der Waals surface area contributed by atoms with Crippen molar-refractivity contribution in [2.24, 2.45) is 5.73 Å². The molecule has 1 aromatic heterocycles. The Labute approximate surface area is 299 Å². The summed E-state index contributed by atoms with van der Waals surface area (Å²) in [4.78, 5) is 53.8. The van der Waals surface area contributed by atoms with E-state index in [4.69, 9.17) is 19.9 Å². The van der Waals surface area contributed by atoms with E-state index in [2.05, 4.69) is 48.5 Å². The molecule has 13 nitrogen and oxygen atoms in total. The molecule has 0 radical (unpaired) electrons. The third-order valence-electron chi connectivity index (χ3n) is 8.31. The van der Waals surface area contributed by atoms with E-state index < -0.39 is 12.3 Å². The molecule has 3 heterocycles. The summed E-state index contributed by atoms with van der Waals surface area (Å²) in [5, 5.41) is 0. The van der Waals surface area contributed by atoms with Crippen molar-refractivity contribution in [3.63, 3.8) is 0 Å². The topological polar surface area (TPSA) is 163 Å². The number of aromatic nitrogens is 1. The molecule has 0 fully saturated rings. The molecular formula is C38H50N4O9. The van der Waals surface area contributed by atoms with E-state index in [1.54, 1.807) is 6.92 Å². The monoisotopic (exact) mass is 706 g/mol. The number of methoxy groups -OCH3 is 4. The van der Waals surface area contributed by atoms with Crippen molar-refractivity contribution >= 4 is 17.9 Å². The van der Waals surface area contributed by atoms with Crippen LogP contribution in [0.25, 0.3) is 0 Å². The highest BCUT2D eigenvalue weighted by molar-refractivity contribution is 5.89. The van der Waals surface area contributed by atoms with Crippen LogP contribution in [0.15, 0.2) is 82.9 Å². The third kappa shape index (κ3) is 12.8. The fraction of sp³-hybridized carbons (Fsp3) is 0.421. The summed E-state index contributed by atoms with van der Waals surface area (Å²) >= 11 is 0. The van der Waals surface area contributed by atoms with Gasteiger partial charge < -0.3 is 34.4 Å². The number of rotatable bonds is 11. The van der Waals surface area contributed by atoms with Gasteiger partial charge in [0.15, 0.2) is 11.7 Å². The second-order valence-corrected chi connectivity index (χ2v) is 11.8. The molecule has 0 spiro atoms. The molecule has 0 atom stereocenters. The smallest absolute Gasteiger partial charge is 0.343 e. The number of esters is 3. The number of hydrogen-bond donors (Lipinski definition) is 2. The molecule has 2 aromatic carbocycles. The third-order valence-corrected chi connectivity index (χ3v) is 8.31. The summed E-state index contributed by atoms with van der Waals surface area (Å²) in [5.41, 5.74) is 11.2. The Hall–Kier alpha value is -4.82. The number of H-pyrrole nitrogens is 1. The Balaban J connectivity index is 0.000000222. The molecular weight excluding hydrogens is 656 g/mol. The standard InChI is InChI=1S/C17H18N2O3.C15H20N2O2.C6H12O4/c1-22-17(21)14-9-18-15-11-19(8-7-13(15)16(14)20)10-12-5-3-2-4-6-12;1-2-19-15(18)13-8-9-17(11-14(13)16)10-12-6-4-3-5-7-12;1-8-5(7)4-6(9-2)10-3/h2-6,9H,7-8,10-11H2,1H3,(H,18,20);3-7H,2,8-11,16H2,1H3;6H,4H2,1-3H3. The highest BCUT2D eigenvalue weighted by atomic mass is 16.7. The number of nitrogens with two attached hydrogens (primary N) is 1. The lowest BCUT2D eigenvalue weighted by molar-refractivity contribution is -0.156. The van der Waals surface area contributed by atoms with Gasteiger partial charge in [0.05, 0.1) is 32.8 Å². The van der Waals surface area contributed by atoms with Gasteiger partial charge in [0.2, 0.25) is 0 Å². The van der Waals surface area contributed by atoms with Crippen LogP contribution in [0.2, 0.25) is 0 Å². The molecule has 0 unspecified atom stereocenters. The Morgan fingerprint density at radius 1 is 0.804 bits per heavy atom. The van der Waals surface area contributed by atoms with Crippen LogP contribution >= 0.6 is 0 Å². The van der Waals surface area contributed by atoms with Crippen molar-refractivity contribution in [3.05, 3.63) is 116 Å². The zero-order chi connectivity index (χ0) is 37.2. The number of carbonyl (C=O) groups is 3. The number of nitrogens with one attached hydrogen (secondary N) is 1. The van der Waals surface area contributed by atoms with Gasteiger partial charge in [0.25, 0.3) is 0 Å². The molecule has 3 aromatic rings. The normalized spacial score (nSPS) is 14.3. The van der Waals surface area contributed by atoms with Gasteiger partial charge in [-0.3, -0.25) is 19.4 Å². The number of aromatic amines is 1. The predicted molar refractivity (Wildman–Crippen MR) is 191 cm³/mol. The average molecular weight is 707 g/mol. The summed E-state index contributed by atoms with van der Waals surface area (Å²) in [6, 6.07) is 20.5. The van der Waals surface area contributed by atoms with E-state index in [0.717, 1.165) is 31.9 Å². The molecule has 2 aliphatic heterocycles. The van der Waals surface area contributed by atoms with E-state index in [9.17, 15) is 19.2 Å². The second kappa shape index (κ2) is 21.4. The number of nitrogens with zero attached hydrogens (tertiary/aromatic N) is 2. The van der Waals surface area contributed by atoms with E-state index >= 15 is 0 Å². The number of hydrogen-bond acceptors (Lipinski definition) is 12. The molecule has 0 aliphatic carbocycles. The van der Waals surface area contributed by atoms with Crippen molar-refractivity contribution in [2.75, 3.05) is 54.7 Å². The lowest BCUT2D eigenvalue weighted by Gasteiger charge is -2.28. The van der Waals surface area contributed by atoms with E-state index in [-0.39, 0.29) is 29.4 Å². The maximum absolute atomic E-state index is 12.3. The summed E-state index contributed by atoms with van der Waals surface area (Å²) in [5.74, 6) is -1.19. The van der Waals surface area contributed by atoms with Gasteiger partial charge in [-0.25, -0.2) is 9.59 Å². The van der Waals surface area contributed by atoms with E-state index in [0.29, 0.717) is 49.4 Å². The first kappa shape index (κ1) is 40.6. The van der Waals surface area contributed by atoms with Gasteiger partial charge in [0, 0.05) is 76.6 Å². The fourth-order valence-corrected chi connectivity index (χ4v) is 5.58. The van der Waals surface area contributed by atoms with Crippen LogP contribution in [0, 0.1) is 0 Å². The van der Waals surface area contributed by atoms with Crippen molar-refractivity contribution < 1.29 is 38.1 Å². The SMILES string of the molecule is CCOC(=O)C1=C(N)CN(Cc2ccccc2)CC1.COC(=O)CC(OC)OC.COC(=O)c1c[nH]c2c(c1=O)CCN(Cc1ccccc1)C2. The largest absolute Gasteiger partial charge is 0.469 e. The first-order chi connectivity index (χ1) is 24.6. The Bertz CT molecular complexity index is 1640. The van der Waals surface area contributed by atoms with Gasteiger partial charge in [-0.15, -0.1) is 0 Å². The minimum atomic E-state index is -0.587. The summed E-state index contributed by atoms with van der Waals surface area (Å²) in [7, 11) is 5.54. The van der Waals surface area contributed by atoms with Crippen LogP contribution in [0.5, 0.6) is 0 Å². The number of fused-ring (bicyclic) bond motifs is 1. The van der Waals surface area contributed by atoms with Gasteiger partial charge >= 0.3 is 17.9 Å². The molecule has 0 saturated carbocycles. The van der Waals surface area contributed by atoms with Crippen molar-refractivity contribution in [1.82, 2.24) is 14.8 Å². The fourth-order valence-electron chi connectivity index (χ4n) is 5.58. The number of pyridine rings is 1. The highest BCUT2D eigenvalue weighted by Gasteiger charge is 2.24. The van der Waals surface area contributed by atoms with Crippen LogP contribution in [0.1, 0.15) is 52.5 Å². The summed E-state index contributed by atoms with van der Waals surface area (Å²) in [6.07, 6.45) is 2.40. The first-order valence-corrected chi connectivity index (χ1v) is 16.7. The van der Waals surface area contributed by atoms with Crippen molar-refractivity contribution in [2.45, 2.75) is 52.1 Å². The van der Waals surface area contributed by atoms with Gasteiger partial charge in [-0.05, 0) is 30.9 Å². The summed E-state index contributed by atoms with van der Waals surface area (Å²) < 4.78 is 23.5. The van der Waals surface area contributed by atoms with Crippen molar-refractivity contribution in [3.8, 4) is 0 Å². The van der Waals surface area contributed by atoms with Crippen LogP contribution in [-0.2, 0) is 59.3 Å². The minimum absolute atomic E-state index is 0.0813. The van der Waals surface area contributed by atoms with E-state index in [1.165, 1.54) is 45.8 Å². The number of carbonyl (C=O) groups excluding carboxylic acids is 3. The maximum Gasteiger partial charge on any atom is 0.343 e. The maximum atomic E-state index is 12.3. The molecule has 3 N–H and O–H groups in total.